The van der Waals surface area contributed by atoms with Gasteiger partial charge in [-0.2, -0.15) is 0 Å². The van der Waals surface area contributed by atoms with Crippen LogP contribution in [0.2, 0.25) is 5.02 Å². The summed E-state index contributed by atoms with van der Waals surface area (Å²) in [5.41, 5.74) is 0.868. The highest BCUT2D eigenvalue weighted by molar-refractivity contribution is 6.30. The summed E-state index contributed by atoms with van der Waals surface area (Å²) in [5, 5.41) is 10.7. The molecule has 1 aromatic rings. The third kappa shape index (κ3) is 2.06. The Morgan fingerprint density at radius 1 is 1.44 bits per heavy atom. The first kappa shape index (κ1) is 12.1. The van der Waals surface area contributed by atoms with Crippen LogP contribution in [0.15, 0.2) is 12.1 Å². The fourth-order valence-corrected chi connectivity index (χ4v) is 3.57. The van der Waals surface area contributed by atoms with Crippen molar-refractivity contribution in [2.75, 3.05) is 13.7 Å². The number of halogens is 1. The zero-order valence-electron chi connectivity index (χ0n) is 10.5. The summed E-state index contributed by atoms with van der Waals surface area (Å²) < 4.78 is 5.14. The second kappa shape index (κ2) is 4.63. The van der Waals surface area contributed by atoms with E-state index < -0.39 is 0 Å². The summed E-state index contributed by atoms with van der Waals surface area (Å²) in [6.45, 7) is 1.92. The summed E-state index contributed by atoms with van der Waals surface area (Å²) in [6.07, 6.45) is 3.98. The fourth-order valence-electron chi connectivity index (χ4n) is 3.34. The molecule has 3 rings (SSSR count). The van der Waals surface area contributed by atoms with E-state index in [1.165, 1.54) is 19.3 Å². The van der Waals surface area contributed by atoms with E-state index in [1.54, 1.807) is 13.2 Å². The van der Waals surface area contributed by atoms with Gasteiger partial charge >= 0.3 is 0 Å². The van der Waals surface area contributed by atoms with Crippen molar-refractivity contribution in [2.45, 2.75) is 31.8 Å². The second-order valence-corrected chi connectivity index (χ2v) is 5.81. The number of benzene rings is 1. The van der Waals surface area contributed by atoms with Crippen molar-refractivity contribution in [1.29, 1.82) is 0 Å². The molecule has 2 atom stereocenters. The second-order valence-electron chi connectivity index (χ2n) is 5.38. The lowest BCUT2D eigenvalue weighted by atomic mass is 10.1. The Morgan fingerprint density at radius 3 is 2.89 bits per heavy atom. The molecule has 1 aliphatic heterocycles. The first-order valence-electron chi connectivity index (χ1n) is 6.47. The van der Waals surface area contributed by atoms with Gasteiger partial charge in [-0.15, -0.1) is 0 Å². The van der Waals surface area contributed by atoms with E-state index in [0.717, 1.165) is 24.6 Å². The number of ether oxygens (including phenoxy) is 1. The average Bonchev–Trinajstić information content (AvgIpc) is 2.95. The van der Waals surface area contributed by atoms with E-state index >= 15 is 0 Å². The fraction of sp³-hybridized carbons (Fsp3) is 0.571. The molecule has 2 bridgehead atoms. The van der Waals surface area contributed by atoms with Crippen LogP contribution in [-0.4, -0.2) is 29.7 Å². The molecule has 98 valence electrons. The van der Waals surface area contributed by atoms with E-state index in [9.17, 15) is 5.11 Å². The van der Waals surface area contributed by atoms with Crippen LogP contribution in [0, 0.1) is 5.92 Å². The lowest BCUT2D eigenvalue weighted by molar-refractivity contribution is 0.202. The number of likely N-dealkylation sites (tertiary alicyclic amines) is 1. The molecule has 1 N–H and O–H groups in total. The van der Waals surface area contributed by atoms with Gasteiger partial charge in [-0.3, -0.25) is 4.90 Å². The van der Waals surface area contributed by atoms with Gasteiger partial charge in [-0.25, -0.2) is 0 Å². The van der Waals surface area contributed by atoms with E-state index in [1.807, 2.05) is 6.07 Å². The number of methoxy groups -OCH3 is 1. The zero-order valence-corrected chi connectivity index (χ0v) is 11.3. The third-order valence-corrected chi connectivity index (χ3v) is 4.45. The van der Waals surface area contributed by atoms with Crippen LogP contribution in [0.25, 0.3) is 0 Å². The van der Waals surface area contributed by atoms with Gasteiger partial charge in [0.05, 0.1) is 7.11 Å². The molecule has 1 aromatic carbocycles. The SMILES string of the molecule is COc1cc(Cl)cc(CN2CC3CCC2C3)c1O. The smallest absolute Gasteiger partial charge is 0.162 e. The Morgan fingerprint density at radius 2 is 2.28 bits per heavy atom. The molecule has 2 fully saturated rings. The van der Waals surface area contributed by atoms with Gasteiger partial charge in [0, 0.05) is 35.8 Å². The predicted octanol–water partition coefficient (Wildman–Crippen LogP) is 3.04. The Balaban J connectivity index is 1.82. The minimum absolute atomic E-state index is 0.227. The molecule has 4 heteroatoms. The standard InChI is InChI=1S/C14H18ClNO2/c1-18-13-6-11(15)5-10(14(13)17)8-16-7-9-2-3-12(16)4-9/h5-6,9,12,17H,2-4,7-8H2,1H3. The maximum Gasteiger partial charge on any atom is 0.162 e. The molecule has 0 aromatic heterocycles. The van der Waals surface area contributed by atoms with Gasteiger partial charge in [0.25, 0.3) is 0 Å². The van der Waals surface area contributed by atoms with Crippen LogP contribution in [-0.2, 0) is 6.54 Å². The summed E-state index contributed by atoms with van der Waals surface area (Å²) in [5.74, 6) is 1.55. The van der Waals surface area contributed by atoms with Crippen LogP contribution < -0.4 is 4.74 Å². The van der Waals surface area contributed by atoms with Crippen molar-refractivity contribution in [3.8, 4) is 11.5 Å². The molecule has 0 radical (unpaired) electrons. The minimum Gasteiger partial charge on any atom is -0.504 e. The molecular weight excluding hydrogens is 250 g/mol. The normalized spacial score (nSPS) is 26.8. The number of fused-ring (bicyclic) bond motifs is 2. The molecule has 3 nitrogen and oxygen atoms in total. The number of rotatable bonds is 3. The van der Waals surface area contributed by atoms with Gasteiger partial charge in [-0.1, -0.05) is 11.6 Å². The highest BCUT2D eigenvalue weighted by Gasteiger charge is 2.37. The van der Waals surface area contributed by atoms with E-state index in [0.29, 0.717) is 16.8 Å². The molecule has 0 amide bonds. The molecular formula is C14H18ClNO2. The molecule has 1 saturated carbocycles. The van der Waals surface area contributed by atoms with Gasteiger partial charge in [0.15, 0.2) is 11.5 Å². The van der Waals surface area contributed by atoms with Crippen molar-refractivity contribution < 1.29 is 9.84 Å². The highest BCUT2D eigenvalue weighted by Crippen LogP contribution is 2.40. The highest BCUT2D eigenvalue weighted by atomic mass is 35.5. The molecule has 1 saturated heterocycles. The van der Waals surface area contributed by atoms with E-state index in [4.69, 9.17) is 16.3 Å². The van der Waals surface area contributed by atoms with Crippen LogP contribution >= 0.6 is 11.6 Å². The molecule has 2 aliphatic rings. The summed E-state index contributed by atoms with van der Waals surface area (Å²) in [4.78, 5) is 2.46. The Hall–Kier alpha value is -0.930. The molecule has 0 spiro atoms. The number of phenolic OH excluding ortho intramolecular Hbond substituents is 1. The number of phenols is 1. The first-order valence-corrected chi connectivity index (χ1v) is 6.84. The zero-order chi connectivity index (χ0) is 12.7. The number of piperidine rings is 1. The Labute approximate surface area is 112 Å². The van der Waals surface area contributed by atoms with Crippen LogP contribution in [0.1, 0.15) is 24.8 Å². The lowest BCUT2D eigenvalue weighted by Gasteiger charge is -2.27. The van der Waals surface area contributed by atoms with Crippen molar-refractivity contribution in [2.24, 2.45) is 5.92 Å². The van der Waals surface area contributed by atoms with Crippen LogP contribution in [0.4, 0.5) is 0 Å². The van der Waals surface area contributed by atoms with Crippen molar-refractivity contribution in [1.82, 2.24) is 4.90 Å². The maximum atomic E-state index is 10.1. The van der Waals surface area contributed by atoms with E-state index in [-0.39, 0.29) is 5.75 Å². The van der Waals surface area contributed by atoms with Crippen molar-refractivity contribution in [3.05, 3.63) is 22.7 Å². The number of aromatic hydroxyl groups is 1. The predicted molar refractivity (Wildman–Crippen MR) is 71.2 cm³/mol. The van der Waals surface area contributed by atoms with Gasteiger partial charge in [-0.05, 0) is 31.2 Å². The summed E-state index contributed by atoms with van der Waals surface area (Å²) >= 11 is 6.06. The number of hydrogen-bond donors (Lipinski definition) is 1. The quantitative estimate of drug-likeness (QED) is 0.914. The average molecular weight is 268 g/mol. The number of hydrogen-bond acceptors (Lipinski definition) is 3. The topological polar surface area (TPSA) is 32.7 Å². The van der Waals surface area contributed by atoms with E-state index in [2.05, 4.69) is 4.90 Å². The van der Waals surface area contributed by atoms with Crippen LogP contribution in [0.5, 0.6) is 11.5 Å². The molecule has 2 unspecified atom stereocenters. The van der Waals surface area contributed by atoms with Crippen LogP contribution in [0.3, 0.4) is 0 Å². The Bertz CT molecular complexity index is 463. The maximum absolute atomic E-state index is 10.1. The summed E-state index contributed by atoms with van der Waals surface area (Å²) in [6, 6.07) is 4.18. The van der Waals surface area contributed by atoms with Crippen molar-refractivity contribution in [3.63, 3.8) is 0 Å². The molecule has 18 heavy (non-hydrogen) atoms. The minimum atomic E-state index is 0.227. The van der Waals surface area contributed by atoms with Gasteiger partial charge < -0.3 is 9.84 Å². The molecule has 1 aliphatic carbocycles. The number of nitrogens with zero attached hydrogens (tertiary/aromatic N) is 1. The van der Waals surface area contributed by atoms with Crippen molar-refractivity contribution >= 4 is 11.6 Å². The Kier molecular flexibility index (Phi) is 3.12. The monoisotopic (exact) mass is 267 g/mol. The third-order valence-electron chi connectivity index (χ3n) is 4.23. The van der Waals surface area contributed by atoms with Gasteiger partial charge in [0.2, 0.25) is 0 Å². The first-order chi connectivity index (χ1) is 8.67. The summed E-state index contributed by atoms with van der Waals surface area (Å²) in [7, 11) is 1.55. The van der Waals surface area contributed by atoms with Gasteiger partial charge in [0.1, 0.15) is 0 Å². The largest absolute Gasteiger partial charge is 0.504 e. The lowest BCUT2D eigenvalue weighted by Crippen LogP contribution is -2.31. The molecule has 1 heterocycles.